The maximum Gasteiger partial charge on any atom is 0.264 e. The molecule has 0 bridgehead atoms. The Kier molecular flexibility index (Phi) is 6.82. The second kappa shape index (κ2) is 10.1. The molecule has 4 aromatic rings. The molecule has 0 aliphatic rings. The fourth-order valence-corrected chi connectivity index (χ4v) is 4.18. The maximum absolute atomic E-state index is 12.3. The lowest BCUT2D eigenvalue weighted by atomic mass is 10.2. The Labute approximate surface area is 191 Å². The van der Waals surface area contributed by atoms with E-state index in [1.165, 1.54) is 16.0 Å². The number of hydrazone groups is 1. The van der Waals surface area contributed by atoms with Crippen LogP contribution in [0.15, 0.2) is 58.8 Å². The summed E-state index contributed by atoms with van der Waals surface area (Å²) in [6.45, 7) is 2.55. The summed E-state index contributed by atoms with van der Waals surface area (Å²) in [6.07, 6.45) is 1.63. The summed E-state index contributed by atoms with van der Waals surface area (Å²) in [5.41, 5.74) is 4.47. The highest BCUT2D eigenvalue weighted by Crippen LogP contribution is 2.25. The molecule has 2 heterocycles. The van der Waals surface area contributed by atoms with Gasteiger partial charge >= 0.3 is 0 Å². The largest absolute Gasteiger partial charge is 0.494 e. The van der Waals surface area contributed by atoms with Crippen molar-refractivity contribution in [3.63, 3.8) is 0 Å². The number of thioether (sulfide) groups is 1. The van der Waals surface area contributed by atoms with Crippen LogP contribution in [0.2, 0.25) is 0 Å². The molecular formula is C20H20N8O2S2. The number of benzene rings is 2. The van der Waals surface area contributed by atoms with Gasteiger partial charge in [-0.05, 0) is 48.9 Å². The first-order valence-corrected chi connectivity index (χ1v) is 11.4. The lowest BCUT2D eigenvalue weighted by Gasteiger charge is -2.03. The van der Waals surface area contributed by atoms with Gasteiger partial charge in [-0.3, -0.25) is 4.79 Å². The molecule has 4 N–H and O–H groups in total. The molecule has 0 saturated carbocycles. The third-order valence-electron chi connectivity index (χ3n) is 4.11. The number of para-hydroxylation sites is 1. The van der Waals surface area contributed by atoms with Gasteiger partial charge in [0.25, 0.3) is 5.95 Å². The van der Waals surface area contributed by atoms with Gasteiger partial charge in [0.2, 0.25) is 11.1 Å². The fraction of sp³-hybridized carbons (Fsp3) is 0.150. The minimum Gasteiger partial charge on any atom is -0.494 e. The van der Waals surface area contributed by atoms with E-state index in [1.54, 1.807) is 6.21 Å². The van der Waals surface area contributed by atoms with E-state index in [-0.39, 0.29) is 17.6 Å². The molecule has 1 amide bonds. The van der Waals surface area contributed by atoms with E-state index in [1.807, 2.05) is 55.5 Å². The molecule has 0 atom stereocenters. The third kappa shape index (κ3) is 5.34. The normalized spacial score (nSPS) is 11.2. The number of amides is 1. The van der Waals surface area contributed by atoms with E-state index < -0.39 is 0 Å². The van der Waals surface area contributed by atoms with Crippen molar-refractivity contribution in [1.82, 2.24) is 19.9 Å². The topological polar surface area (TPSA) is 132 Å². The number of thiazole rings is 1. The number of carbonyl (C=O) groups excluding carboxylic acids is 1. The van der Waals surface area contributed by atoms with E-state index in [0.717, 1.165) is 33.3 Å². The second-order valence-corrected chi connectivity index (χ2v) is 8.34. The van der Waals surface area contributed by atoms with Crippen LogP contribution in [0.1, 0.15) is 12.5 Å². The van der Waals surface area contributed by atoms with Crippen molar-refractivity contribution in [3.8, 4) is 5.75 Å². The first-order chi connectivity index (χ1) is 15.6. The number of nitrogens with zero attached hydrogens (tertiary/aromatic N) is 5. The Morgan fingerprint density at radius 2 is 2.06 bits per heavy atom. The molecule has 0 saturated heterocycles. The number of nitrogens with two attached hydrogens (primary N) is 1. The van der Waals surface area contributed by atoms with Crippen LogP contribution in [-0.4, -0.2) is 44.3 Å². The molecular weight excluding hydrogens is 448 g/mol. The number of rotatable bonds is 9. The van der Waals surface area contributed by atoms with Gasteiger partial charge in [0, 0.05) is 0 Å². The number of aromatic nitrogens is 4. The summed E-state index contributed by atoms with van der Waals surface area (Å²) in [4.78, 5) is 16.7. The van der Waals surface area contributed by atoms with Gasteiger partial charge in [-0.2, -0.15) is 5.10 Å². The van der Waals surface area contributed by atoms with Gasteiger partial charge in [0.1, 0.15) is 5.75 Å². The van der Waals surface area contributed by atoms with Crippen LogP contribution in [0.3, 0.4) is 0 Å². The minimum absolute atomic E-state index is 0.112. The zero-order valence-corrected chi connectivity index (χ0v) is 18.7. The van der Waals surface area contributed by atoms with Crippen molar-refractivity contribution in [3.05, 3.63) is 54.1 Å². The summed E-state index contributed by atoms with van der Waals surface area (Å²) in [7, 11) is 0. The van der Waals surface area contributed by atoms with Crippen LogP contribution >= 0.6 is 23.1 Å². The first-order valence-electron chi connectivity index (χ1n) is 9.63. The minimum atomic E-state index is -0.208. The number of fused-ring (bicyclic) bond motifs is 1. The van der Waals surface area contributed by atoms with Gasteiger partial charge in [0.15, 0.2) is 5.13 Å². The highest BCUT2D eigenvalue weighted by atomic mass is 32.2. The van der Waals surface area contributed by atoms with Crippen molar-refractivity contribution in [1.29, 1.82) is 0 Å². The van der Waals surface area contributed by atoms with E-state index in [4.69, 9.17) is 10.6 Å². The molecule has 0 spiro atoms. The zero-order chi connectivity index (χ0) is 22.3. The standard InChI is InChI=1S/C20H20N8O2S2/c1-2-30-14-9-7-13(8-10-14)11-22-25-18-26-27-20(28(18)21)31-12-17(29)24-19-23-15-5-3-4-6-16(15)32-19/h3-11H,2,12,21H2,1H3,(H,25,26)(H,23,24,29)/b22-11+. The Morgan fingerprint density at radius 3 is 2.84 bits per heavy atom. The first kappa shape index (κ1) is 21.6. The van der Waals surface area contributed by atoms with Crippen LogP contribution in [0.4, 0.5) is 11.1 Å². The quantitative estimate of drug-likeness (QED) is 0.148. The van der Waals surface area contributed by atoms with Crippen molar-refractivity contribution < 1.29 is 9.53 Å². The Morgan fingerprint density at radius 1 is 1.25 bits per heavy atom. The number of hydrogen-bond donors (Lipinski definition) is 3. The van der Waals surface area contributed by atoms with Crippen molar-refractivity contribution in [2.45, 2.75) is 12.1 Å². The van der Waals surface area contributed by atoms with Crippen molar-refractivity contribution in [2.24, 2.45) is 5.10 Å². The van der Waals surface area contributed by atoms with Crippen LogP contribution in [0.5, 0.6) is 5.75 Å². The summed E-state index contributed by atoms with van der Waals surface area (Å²) < 4.78 is 7.66. The Hall–Kier alpha value is -3.64. The van der Waals surface area contributed by atoms with E-state index in [2.05, 4.69) is 31.0 Å². The smallest absolute Gasteiger partial charge is 0.264 e. The summed E-state index contributed by atoms with van der Waals surface area (Å²) in [6, 6.07) is 15.2. The molecule has 2 aromatic heterocycles. The molecule has 10 nitrogen and oxygen atoms in total. The molecule has 164 valence electrons. The van der Waals surface area contributed by atoms with Crippen LogP contribution in [0.25, 0.3) is 10.2 Å². The molecule has 0 unspecified atom stereocenters. The summed E-state index contributed by atoms with van der Waals surface area (Å²) in [5, 5.41) is 15.8. The van der Waals surface area contributed by atoms with E-state index in [0.29, 0.717) is 16.9 Å². The highest BCUT2D eigenvalue weighted by Gasteiger charge is 2.13. The number of nitrogen functional groups attached to an aromatic ring is 1. The predicted molar refractivity (Wildman–Crippen MR) is 128 cm³/mol. The molecule has 32 heavy (non-hydrogen) atoms. The molecule has 2 aromatic carbocycles. The van der Waals surface area contributed by atoms with Crippen LogP contribution < -0.4 is 21.3 Å². The Balaban J connectivity index is 1.29. The average Bonchev–Trinajstić information content (AvgIpc) is 3.36. The highest BCUT2D eigenvalue weighted by molar-refractivity contribution is 7.99. The zero-order valence-electron chi connectivity index (χ0n) is 17.1. The van der Waals surface area contributed by atoms with Crippen molar-refractivity contribution in [2.75, 3.05) is 28.9 Å². The maximum atomic E-state index is 12.3. The lowest BCUT2D eigenvalue weighted by Crippen LogP contribution is -2.16. The van der Waals surface area contributed by atoms with Gasteiger partial charge in [-0.15, -0.1) is 10.2 Å². The summed E-state index contributed by atoms with van der Waals surface area (Å²) in [5.74, 6) is 6.96. The van der Waals surface area contributed by atoms with Crippen LogP contribution in [0, 0.1) is 0 Å². The SMILES string of the molecule is CCOc1ccc(/C=N/Nc2nnc(SCC(=O)Nc3nc4ccccc4s3)n2N)cc1. The number of ether oxygens (including phenoxy) is 1. The Bertz CT molecular complexity index is 1200. The molecule has 0 aliphatic carbocycles. The van der Waals surface area contributed by atoms with Crippen LogP contribution in [-0.2, 0) is 4.79 Å². The molecule has 4 rings (SSSR count). The second-order valence-electron chi connectivity index (χ2n) is 6.37. The molecule has 0 fully saturated rings. The van der Waals surface area contributed by atoms with E-state index >= 15 is 0 Å². The van der Waals surface area contributed by atoms with Crippen molar-refractivity contribution >= 4 is 56.5 Å². The van der Waals surface area contributed by atoms with Gasteiger partial charge in [0.05, 0.1) is 28.8 Å². The molecule has 0 radical (unpaired) electrons. The number of anilines is 2. The molecule has 0 aliphatic heterocycles. The van der Waals surface area contributed by atoms with E-state index in [9.17, 15) is 4.79 Å². The fourth-order valence-electron chi connectivity index (χ4n) is 2.64. The van der Waals surface area contributed by atoms with Gasteiger partial charge < -0.3 is 15.9 Å². The monoisotopic (exact) mass is 468 g/mol. The van der Waals surface area contributed by atoms with Gasteiger partial charge in [-0.25, -0.2) is 15.1 Å². The molecule has 12 heteroatoms. The predicted octanol–water partition coefficient (Wildman–Crippen LogP) is 3.18. The third-order valence-corrected chi connectivity index (χ3v) is 6.00. The number of hydrogen-bond acceptors (Lipinski definition) is 10. The van der Waals surface area contributed by atoms with Gasteiger partial charge in [-0.1, -0.05) is 35.2 Å². The average molecular weight is 469 g/mol. The lowest BCUT2D eigenvalue weighted by molar-refractivity contribution is -0.113. The number of nitrogens with one attached hydrogen (secondary N) is 2. The summed E-state index contributed by atoms with van der Waals surface area (Å²) >= 11 is 2.58. The number of carbonyl (C=O) groups is 1.